The van der Waals surface area contributed by atoms with E-state index in [1.807, 2.05) is 0 Å². The van der Waals surface area contributed by atoms with Crippen molar-refractivity contribution in [3.8, 4) is 0 Å². The van der Waals surface area contributed by atoms with E-state index in [-0.39, 0.29) is 16.7 Å². The van der Waals surface area contributed by atoms with Crippen LogP contribution in [0.1, 0.15) is 20.7 Å². The number of aromatic amines is 1. The molecule has 2 amide bonds. The molecule has 0 atom stereocenters. The third-order valence-corrected chi connectivity index (χ3v) is 4.08. The van der Waals surface area contributed by atoms with Crippen molar-refractivity contribution in [3.05, 3.63) is 83.4 Å². The molecule has 0 aliphatic rings. The number of aromatic nitrogens is 4. The first-order valence-electron chi connectivity index (χ1n) is 8.00. The van der Waals surface area contributed by atoms with Crippen molar-refractivity contribution in [1.29, 1.82) is 0 Å². The summed E-state index contributed by atoms with van der Waals surface area (Å²) in [6.45, 7) is 0. The van der Waals surface area contributed by atoms with Crippen LogP contribution in [0.3, 0.4) is 0 Å². The number of H-pyrrole nitrogens is 1. The number of imide groups is 1. The quantitative estimate of drug-likeness (QED) is 0.436. The number of carbonyl (C=O) groups is 2. The maximum Gasteiger partial charge on any atom is 0.266 e. The van der Waals surface area contributed by atoms with E-state index in [1.165, 1.54) is 6.33 Å². The van der Waals surface area contributed by atoms with E-state index in [0.717, 1.165) is 4.90 Å². The first-order chi connectivity index (χ1) is 13.1. The highest BCUT2D eigenvalue weighted by molar-refractivity contribution is 6.30. The summed E-state index contributed by atoms with van der Waals surface area (Å²) in [6, 6.07) is 17.0. The number of halogens is 1. The van der Waals surface area contributed by atoms with Crippen LogP contribution in [0.5, 0.6) is 0 Å². The maximum absolute atomic E-state index is 13.2. The molecule has 0 radical (unpaired) electrons. The zero-order valence-electron chi connectivity index (χ0n) is 13.8. The third-order valence-electron chi connectivity index (χ3n) is 3.90. The monoisotopic (exact) mass is 377 g/mol. The molecule has 27 heavy (non-hydrogen) atoms. The number of hydrogen-bond donors (Lipinski definition) is 1. The molecule has 0 spiro atoms. The number of benzene rings is 2. The average Bonchev–Trinajstić information content (AvgIpc) is 3.10. The van der Waals surface area contributed by atoms with Crippen LogP contribution < -0.4 is 4.90 Å². The SMILES string of the molecule is O=C(c1ccccc1)N(C(=O)c1ccccc1)c1ncnc2nc(Cl)[nH]c12. The van der Waals surface area contributed by atoms with Crippen LogP contribution in [0.4, 0.5) is 5.82 Å². The second-order valence-electron chi connectivity index (χ2n) is 5.60. The van der Waals surface area contributed by atoms with Crippen molar-refractivity contribution in [1.82, 2.24) is 19.9 Å². The predicted molar refractivity (Wildman–Crippen MR) is 101 cm³/mol. The lowest BCUT2D eigenvalue weighted by atomic mass is 10.1. The molecule has 8 heteroatoms. The maximum atomic E-state index is 13.2. The van der Waals surface area contributed by atoms with E-state index in [1.54, 1.807) is 60.7 Å². The second-order valence-corrected chi connectivity index (χ2v) is 5.96. The molecule has 132 valence electrons. The predicted octanol–water partition coefficient (Wildman–Crippen LogP) is 3.49. The van der Waals surface area contributed by atoms with Crippen molar-refractivity contribution in [2.45, 2.75) is 0 Å². The van der Waals surface area contributed by atoms with Gasteiger partial charge < -0.3 is 4.98 Å². The van der Waals surface area contributed by atoms with Gasteiger partial charge in [-0.25, -0.2) is 14.9 Å². The fourth-order valence-corrected chi connectivity index (χ4v) is 2.84. The summed E-state index contributed by atoms with van der Waals surface area (Å²) in [5, 5.41) is 0.0889. The summed E-state index contributed by atoms with van der Waals surface area (Å²) in [5.74, 6) is -0.951. The van der Waals surface area contributed by atoms with E-state index < -0.39 is 11.8 Å². The summed E-state index contributed by atoms with van der Waals surface area (Å²) < 4.78 is 0. The molecule has 0 aliphatic heterocycles. The summed E-state index contributed by atoms with van der Waals surface area (Å²) in [6.07, 6.45) is 1.23. The zero-order chi connectivity index (χ0) is 18.8. The van der Waals surface area contributed by atoms with Crippen LogP contribution in [0.25, 0.3) is 11.2 Å². The van der Waals surface area contributed by atoms with Gasteiger partial charge in [-0.05, 0) is 35.9 Å². The lowest BCUT2D eigenvalue weighted by molar-refractivity contribution is 0.0897. The van der Waals surface area contributed by atoms with Crippen LogP contribution in [-0.2, 0) is 0 Å². The van der Waals surface area contributed by atoms with Gasteiger partial charge in [-0.1, -0.05) is 36.4 Å². The van der Waals surface area contributed by atoms with Crippen LogP contribution >= 0.6 is 11.6 Å². The zero-order valence-corrected chi connectivity index (χ0v) is 14.6. The van der Waals surface area contributed by atoms with E-state index in [4.69, 9.17) is 11.6 Å². The van der Waals surface area contributed by atoms with Gasteiger partial charge in [0.1, 0.15) is 11.8 Å². The summed E-state index contributed by atoms with van der Waals surface area (Å²) in [5.41, 5.74) is 1.26. The van der Waals surface area contributed by atoms with E-state index in [2.05, 4.69) is 19.9 Å². The number of imidazole rings is 1. The highest BCUT2D eigenvalue weighted by Crippen LogP contribution is 2.25. The van der Waals surface area contributed by atoms with Crippen LogP contribution in [0, 0.1) is 0 Å². The van der Waals surface area contributed by atoms with Gasteiger partial charge in [0.2, 0.25) is 5.28 Å². The van der Waals surface area contributed by atoms with Gasteiger partial charge in [0.25, 0.3) is 11.8 Å². The lowest BCUT2D eigenvalue weighted by Crippen LogP contribution is -2.38. The minimum atomic E-state index is -0.518. The van der Waals surface area contributed by atoms with Crippen molar-refractivity contribution in [2.24, 2.45) is 0 Å². The molecule has 2 heterocycles. The largest absolute Gasteiger partial charge is 0.324 e. The number of fused-ring (bicyclic) bond motifs is 1. The number of rotatable bonds is 3. The molecular formula is C19H12ClN5O2. The highest BCUT2D eigenvalue weighted by Gasteiger charge is 2.29. The van der Waals surface area contributed by atoms with Crippen molar-refractivity contribution in [2.75, 3.05) is 4.90 Å². The molecule has 2 aromatic heterocycles. The van der Waals surface area contributed by atoms with Crippen LogP contribution in [0.15, 0.2) is 67.0 Å². The molecule has 0 unspecified atom stereocenters. The Kier molecular flexibility index (Phi) is 4.35. The molecule has 2 aromatic carbocycles. The Hall–Kier alpha value is -3.58. The van der Waals surface area contributed by atoms with Gasteiger partial charge in [0, 0.05) is 11.1 Å². The number of carbonyl (C=O) groups excluding carboxylic acids is 2. The summed E-state index contributed by atoms with van der Waals surface area (Å²) in [7, 11) is 0. The Morgan fingerprint density at radius 3 is 1.96 bits per heavy atom. The van der Waals surface area contributed by atoms with Gasteiger partial charge in [-0.15, -0.1) is 0 Å². The molecule has 0 aliphatic carbocycles. The third kappa shape index (κ3) is 3.16. The standard InChI is InChI=1S/C19H12ClN5O2/c20-19-23-14-15(24-19)21-11-22-16(14)25(17(26)12-7-3-1-4-8-12)18(27)13-9-5-2-6-10-13/h1-11H,(H,21,22,23,24). The molecule has 0 bridgehead atoms. The molecule has 0 saturated heterocycles. The van der Waals surface area contributed by atoms with Crippen LogP contribution in [0.2, 0.25) is 5.28 Å². The summed E-state index contributed by atoms with van der Waals surface area (Å²) in [4.78, 5) is 42.4. The smallest absolute Gasteiger partial charge is 0.266 e. The van der Waals surface area contributed by atoms with Crippen LogP contribution in [-0.4, -0.2) is 31.8 Å². The Morgan fingerprint density at radius 2 is 1.41 bits per heavy atom. The van der Waals surface area contributed by atoms with Crippen molar-refractivity contribution in [3.63, 3.8) is 0 Å². The Labute approximate surface area is 158 Å². The number of amides is 2. The summed E-state index contributed by atoms with van der Waals surface area (Å²) >= 11 is 5.93. The first kappa shape index (κ1) is 16.9. The molecular weight excluding hydrogens is 366 g/mol. The van der Waals surface area contributed by atoms with Gasteiger partial charge in [-0.2, -0.15) is 4.98 Å². The average molecular weight is 378 g/mol. The molecule has 4 aromatic rings. The van der Waals surface area contributed by atoms with E-state index in [0.29, 0.717) is 16.6 Å². The number of hydrogen-bond acceptors (Lipinski definition) is 5. The molecule has 0 fully saturated rings. The minimum absolute atomic E-state index is 0.0853. The first-order valence-corrected chi connectivity index (χ1v) is 8.38. The molecule has 0 saturated carbocycles. The topological polar surface area (TPSA) is 91.8 Å². The fraction of sp³-hybridized carbons (Fsp3) is 0. The second kappa shape index (κ2) is 6.97. The normalized spacial score (nSPS) is 10.7. The van der Waals surface area contributed by atoms with Crippen molar-refractivity contribution >= 4 is 40.4 Å². The number of anilines is 1. The number of nitrogens with zero attached hydrogens (tertiary/aromatic N) is 4. The van der Waals surface area contributed by atoms with Gasteiger partial charge >= 0.3 is 0 Å². The molecule has 4 rings (SSSR count). The Morgan fingerprint density at radius 1 is 0.852 bits per heavy atom. The number of nitrogens with one attached hydrogen (secondary N) is 1. The lowest BCUT2D eigenvalue weighted by Gasteiger charge is -2.20. The fourth-order valence-electron chi connectivity index (χ4n) is 2.66. The van der Waals surface area contributed by atoms with Gasteiger partial charge in [0.15, 0.2) is 11.5 Å². The minimum Gasteiger partial charge on any atom is -0.324 e. The van der Waals surface area contributed by atoms with Crippen molar-refractivity contribution < 1.29 is 9.59 Å². The Balaban J connectivity index is 1.90. The Bertz CT molecular complexity index is 1080. The molecule has 7 nitrogen and oxygen atoms in total. The molecule has 1 N–H and O–H groups in total. The van der Waals surface area contributed by atoms with Gasteiger partial charge in [-0.3, -0.25) is 9.59 Å². The van der Waals surface area contributed by atoms with E-state index in [9.17, 15) is 9.59 Å². The van der Waals surface area contributed by atoms with E-state index >= 15 is 0 Å². The van der Waals surface area contributed by atoms with Gasteiger partial charge in [0.05, 0.1) is 0 Å². The highest BCUT2D eigenvalue weighted by atomic mass is 35.5.